The Morgan fingerprint density at radius 1 is 1.47 bits per heavy atom. The van der Waals surface area contributed by atoms with E-state index in [0.29, 0.717) is 24.0 Å². The van der Waals surface area contributed by atoms with Crippen molar-refractivity contribution in [2.45, 2.75) is 52.5 Å². The van der Waals surface area contributed by atoms with Crippen molar-refractivity contribution in [3.63, 3.8) is 0 Å². The van der Waals surface area contributed by atoms with Crippen LogP contribution in [0.15, 0.2) is 11.2 Å². The summed E-state index contributed by atoms with van der Waals surface area (Å²) in [5.74, 6) is 0.333. The van der Waals surface area contributed by atoms with E-state index >= 15 is 0 Å². The molecule has 0 bridgehead atoms. The van der Waals surface area contributed by atoms with Crippen LogP contribution in [0, 0.1) is 0 Å². The number of rotatable bonds is 5. The van der Waals surface area contributed by atoms with Gasteiger partial charge in [0.15, 0.2) is 5.82 Å². The number of hydrogen-bond acceptors (Lipinski definition) is 4. The zero-order valence-corrected chi connectivity index (χ0v) is 11.8. The number of aliphatic imine (C=N–C) groups is 1. The molecular weight excluding hydrogens is 242 g/mol. The van der Waals surface area contributed by atoms with Gasteiger partial charge in [-0.25, -0.2) is 14.5 Å². The fourth-order valence-corrected chi connectivity index (χ4v) is 2.40. The predicted molar refractivity (Wildman–Crippen MR) is 74.1 cm³/mol. The third-order valence-corrected chi connectivity index (χ3v) is 3.36. The van der Waals surface area contributed by atoms with E-state index in [4.69, 9.17) is 4.74 Å². The minimum absolute atomic E-state index is 0.303. The molecule has 0 spiro atoms. The first-order valence-corrected chi connectivity index (χ1v) is 7.02. The fraction of sp³-hybridized carbons (Fsp3) is 0.643. The average molecular weight is 263 g/mol. The van der Waals surface area contributed by atoms with Crippen LogP contribution in [-0.2, 0) is 4.74 Å². The predicted octanol–water partition coefficient (Wildman–Crippen LogP) is 3.29. The van der Waals surface area contributed by atoms with Crippen LogP contribution >= 0.6 is 0 Å². The van der Waals surface area contributed by atoms with E-state index in [-0.39, 0.29) is 5.97 Å². The van der Waals surface area contributed by atoms with E-state index in [9.17, 15) is 4.79 Å². The number of aromatic nitrogens is 2. The summed E-state index contributed by atoms with van der Waals surface area (Å²) in [5.41, 5.74) is 1.64. The van der Waals surface area contributed by atoms with E-state index < -0.39 is 0 Å². The van der Waals surface area contributed by atoms with Crippen LogP contribution in [0.5, 0.6) is 0 Å². The minimum Gasteiger partial charge on any atom is -0.462 e. The molecule has 1 aliphatic rings. The molecule has 19 heavy (non-hydrogen) atoms. The Morgan fingerprint density at radius 2 is 2.26 bits per heavy atom. The molecule has 5 heteroatoms. The van der Waals surface area contributed by atoms with Crippen LogP contribution in [0.3, 0.4) is 0 Å². The molecule has 0 aliphatic carbocycles. The topological polar surface area (TPSA) is 56.5 Å². The molecule has 0 amide bonds. The smallest absolute Gasteiger partial charge is 0.343 e. The second kappa shape index (κ2) is 5.99. The molecule has 104 valence electrons. The summed E-state index contributed by atoms with van der Waals surface area (Å²) in [6, 6.07) is 0.303. The van der Waals surface area contributed by atoms with Crippen LogP contribution in [-0.4, -0.2) is 28.1 Å². The molecule has 1 aromatic heterocycles. The van der Waals surface area contributed by atoms with Crippen LogP contribution in [0.2, 0.25) is 0 Å². The first kappa shape index (κ1) is 13.8. The third-order valence-electron chi connectivity index (χ3n) is 3.36. The zero-order chi connectivity index (χ0) is 13.8. The van der Waals surface area contributed by atoms with Crippen molar-refractivity contribution in [2.75, 3.05) is 6.61 Å². The van der Waals surface area contributed by atoms with Crippen molar-refractivity contribution in [2.24, 2.45) is 4.99 Å². The zero-order valence-electron chi connectivity index (χ0n) is 11.8. The quantitative estimate of drug-likeness (QED) is 0.766. The summed E-state index contributed by atoms with van der Waals surface area (Å²) in [6.45, 7) is 6.44. The minimum atomic E-state index is -0.333. The summed E-state index contributed by atoms with van der Waals surface area (Å²) >= 11 is 0. The normalized spacial score (nSPS) is 17.8. The molecule has 0 saturated heterocycles. The van der Waals surface area contributed by atoms with Gasteiger partial charge in [-0.15, -0.1) is 0 Å². The van der Waals surface area contributed by atoms with E-state index in [1.807, 2.05) is 4.68 Å². The van der Waals surface area contributed by atoms with Gasteiger partial charge < -0.3 is 4.74 Å². The van der Waals surface area contributed by atoms with Gasteiger partial charge in [0.1, 0.15) is 5.56 Å². The Labute approximate surface area is 113 Å². The van der Waals surface area contributed by atoms with Gasteiger partial charge in [0.25, 0.3) is 0 Å². The lowest BCUT2D eigenvalue weighted by molar-refractivity contribution is 0.0527. The highest BCUT2D eigenvalue weighted by Gasteiger charge is 2.26. The van der Waals surface area contributed by atoms with Gasteiger partial charge in [-0.05, 0) is 19.8 Å². The van der Waals surface area contributed by atoms with Crippen molar-refractivity contribution >= 4 is 17.5 Å². The van der Waals surface area contributed by atoms with E-state index in [0.717, 1.165) is 31.4 Å². The lowest BCUT2D eigenvalue weighted by Gasteiger charge is -2.23. The van der Waals surface area contributed by atoms with Gasteiger partial charge in [0, 0.05) is 12.1 Å². The molecule has 0 N–H and O–H groups in total. The Morgan fingerprint density at radius 3 is 2.89 bits per heavy atom. The molecule has 1 unspecified atom stereocenters. The Balaban J connectivity index is 2.38. The molecule has 1 aliphatic heterocycles. The summed E-state index contributed by atoms with van der Waals surface area (Å²) in [5, 5.41) is 4.32. The number of carbonyl (C=O) groups excluding carboxylic acids is 1. The number of esters is 1. The fourth-order valence-electron chi connectivity index (χ4n) is 2.40. The highest BCUT2D eigenvalue weighted by atomic mass is 16.5. The second-order valence-corrected chi connectivity index (χ2v) is 4.74. The number of hydrogen-bond donors (Lipinski definition) is 0. The molecule has 5 nitrogen and oxygen atoms in total. The summed E-state index contributed by atoms with van der Waals surface area (Å²) in [4.78, 5) is 16.5. The van der Waals surface area contributed by atoms with Gasteiger partial charge in [0.2, 0.25) is 0 Å². The van der Waals surface area contributed by atoms with Crippen LogP contribution in [0.4, 0.5) is 5.82 Å². The first-order chi connectivity index (χ1) is 9.21. The number of nitrogens with zero attached hydrogens (tertiary/aromatic N) is 3. The van der Waals surface area contributed by atoms with Crippen molar-refractivity contribution < 1.29 is 9.53 Å². The second-order valence-electron chi connectivity index (χ2n) is 4.74. The van der Waals surface area contributed by atoms with Gasteiger partial charge >= 0.3 is 5.97 Å². The Bertz CT molecular complexity index is 491. The number of carbonyl (C=O) groups is 1. The molecule has 1 atom stereocenters. The molecular formula is C14H21N3O2. The van der Waals surface area contributed by atoms with E-state index in [2.05, 4.69) is 23.9 Å². The molecule has 1 aromatic rings. The summed E-state index contributed by atoms with van der Waals surface area (Å²) in [7, 11) is 0. The standard InChI is InChI=1S/C14H21N3O2/c1-4-7-10-8-11(5-2)17-13(16-10)12(9-15-17)14(18)19-6-3/h9,11H,4-8H2,1-3H3. The van der Waals surface area contributed by atoms with Crippen molar-refractivity contribution in [3.05, 3.63) is 11.8 Å². The molecule has 0 aromatic carbocycles. The number of ether oxygens (including phenoxy) is 1. The largest absolute Gasteiger partial charge is 0.462 e. The average Bonchev–Trinajstić information content (AvgIpc) is 2.82. The lowest BCUT2D eigenvalue weighted by Crippen LogP contribution is -2.19. The van der Waals surface area contributed by atoms with Crippen LogP contribution < -0.4 is 0 Å². The van der Waals surface area contributed by atoms with E-state index in [1.165, 1.54) is 0 Å². The van der Waals surface area contributed by atoms with Crippen LogP contribution in [0.25, 0.3) is 0 Å². The van der Waals surface area contributed by atoms with Crippen molar-refractivity contribution in [3.8, 4) is 0 Å². The lowest BCUT2D eigenvalue weighted by atomic mass is 10.0. The Kier molecular flexibility index (Phi) is 4.35. The number of fused-ring (bicyclic) bond motifs is 1. The molecule has 2 rings (SSSR count). The molecule has 0 fully saturated rings. The van der Waals surface area contributed by atoms with Crippen molar-refractivity contribution in [1.82, 2.24) is 9.78 Å². The maximum Gasteiger partial charge on any atom is 0.343 e. The summed E-state index contributed by atoms with van der Waals surface area (Å²) in [6.07, 6.45) is 5.54. The summed E-state index contributed by atoms with van der Waals surface area (Å²) < 4.78 is 6.92. The SMILES string of the molecule is CCCC1=Nc2c(C(=O)OCC)cnn2C(CC)C1. The third kappa shape index (κ3) is 2.69. The van der Waals surface area contributed by atoms with Gasteiger partial charge in [-0.2, -0.15) is 5.10 Å². The Hall–Kier alpha value is -1.65. The maximum atomic E-state index is 11.9. The van der Waals surface area contributed by atoms with Gasteiger partial charge in [-0.3, -0.25) is 0 Å². The highest BCUT2D eigenvalue weighted by molar-refractivity contribution is 5.97. The highest BCUT2D eigenvalue weighted by Crippen LogP contribution is 2.33. The maximum absolute atomic E-state index is 11.9. The van der Waals surface area contributed by atoms with Crippen LogP contribution in [0.1, 0.15) is 62.9 Å². The molecule has 0 radical (unpaired) electrons. The van der Waals surface area contributed by atoms with E-state index in [1.54, 1.807) is 13.1 Å². The monoisotopic (exact) mass is 263 g/mol. The van der Waals surface area contributed by atoms with Gasteiger partial charge in [0.05, 0.1) is 18.8 Å². The van der Waals surface area contributed by atoms with Crippen molar-refractivity contribution in [1.29, 1.82) is 0 Å². The van der Waals surface area contributed by atoms with Gasteiger partial charge in [-0.1, -0.05) is 20.3 Å². The first-order valence-electron chi connectivity index (χ1n) is 7.02. The molecule has 0 saturated carbocycles. The molecule has 2 heterocycles.